The molecule has 192 valence electrons. The Balaban J connectivity index is 1.79. The minimum absolute atomic E-state index is 0.0339. The second kappa shape index (κ2) is 10.2. The van der Waals surface area contributed by atoms with Gasteiger partial charge in [-0.1, -0.05) is 6.07 Å². The van der Waals surface area contributed by atoms with E-state index in [1.54, 1.807) is 0 Å². The molecular formula is C18H20F2N2O11P2. The number of aliphatic hydroxyl groups excluding tert-OH is 2. The van der Waals surface area contributed by atoms with E-state index in [0.717, 1.165) is 24.4 Å². The third-order valence-corrected chi connectivity index (χ3v) is 8.31. The zero-order valence-corrected chi connectivity index (χ0v) is 19.4. The number of rotatable bonds is 9. The van der Waals surface area contributed by atoms with Crippen LogP contribution in [0.4, 0.5) is 8.78 Å². The van der Waals surface area contributed by atoms with Crippen LogP contribution in [0.5, 0.6) is 0 Å². The van der Waals surface area contributed by atoms with E-state index in [4.69, 9.17) is 14.5 Å². The fourth-order valence-corrected chi connectivity index (χ4v) is 5.78. The summed E-state index contributed by atoms with van der Waals surface area (Å²) in [6.07, 6.45) is -2.50. The van der Waals surface area contributed by atoms with E-state index in [0.29, 0.717) is 15.2 Å². The van der Waals surface area contributed by atoms with Gasteiger partial charge in [0, 0.05) is 24.9 Å². The van der Waals surface area contributed by atoms with E-state index in [2.05, 4.69) is 4.52 Å². The van der Waals surface area contributed by atoms with Crippen LogP contribution in [-0.2, 0) is 31.4 Å². The molecule has 1 aliphatic heterocycles. The van der Waals surface area contributed by atoms with Crippen molar-refractivity contribution in [3.8, 4) is 0 Å². The number of hydrogen-bond acceptors (Lipinski definition) is 8. The third-order valence-electron chi connectivity index (χ3n) is 4.85. The maximum Gasteiger partial charge on any atom is 0.340 e. The molecule has 5 N–H and O–H groups in total. The highest BCUT2D eigenvalue weighted by Crippen LogP contribution is 2.55. The van der Waals surface area contributed by atoms with Crippen LogP contribution in [0.15, 0.2) is 51.6 Å². The topological polar surface area (TPSA) is 198 Å². The summed E-state index contributed by atoms with van der Waals surface area (Å²) in [6, 6.07) is 3.74. The van der Waals surface area contributed by atoms with Gasteiger partial charge in [-0.05, 0) is 18.1 Å². The Labute approximate surface area is 194 Å². The molecule has 3 atom stereocenters. The molecule has 3 rings (SSSR count). The van der Waals surface area contributed by atoms with Crippen LogP contribution in [0.25, 0.3) is 0 Å². The van der Waals surface area contributed by atoms with Gasteiger partial charge in [0.15, 0.2) is 23.6 Å². The summed E-state index contributed by atoms with van der Waals surface area (Å²) in [5.74, 6) is -4.95. The monoisotopic (exact) mass is 540 g/mol. The number of benzene rings is 1. The minimum Gasteiger partial charge on any atom is -0.506 e. The number of halogens is 2. The maximum atomic E-state index is 13.9. The Bertz CT molecular complexity index is 1370. The van der Waals surface area contributed by atoms with Crippen LogP contribution in [0.1, 0.15) is 11.8 Å². The standard InChI is InChI=1S/C18H20F2N2O11P2/c19-11-2-1-10(12(20)7-11)3-5-21-14(23)4-6-22(18(21)26)17-16(25)15(24)13(33-17)8-32-35(30,31)9-34(27,28)29/h1-2,4,6-7,13,17,24-25H,3,5,8-9H2,(H,30,31)(H2,27,28,29)/t13-,17-/m1/s1. The number of aromatic nitrogens is 2. The highest BCUT2D eigenvalue weighted by atomic mass is 31.2. The third kappa shape index (κ3) is 6.53. The summed E-state index contributed by atoms with van der Waals surface area (Å²) >= 11 is 0. The summed E-state index contributed by atoms with van der Waals surface area (Å²) in [4.78, 5) is 52.2. The molecular weight excluding hydrogens is 520 g/mol. The number of nitrogens with zero attached hydrogens (tertiary/aromatic N) is 2. The van der Waals surface area contributed by atoms with Crippen LogP contribution in [-0.4, -0.2) is 52.6 Å². The number of aliphatic hydroxyl groups is 2. The molecule has 1 aliphatic rings. The second-order valence-electron chi connectivity index (χ2n) is 7.47. The van der Waals surface area contributed by atoms with Crippen LogP contribution < -0.4 is 11.2 Å². The molecule has 2 heterocycles. The molecule has 0 fully saturated rings. The van der Waals surface area contributed by atoms with Gasteiger partial charge in [-0.15, -0.1) is 0 Å². The summed E-state index contributed by atoms with van der Waals surface area (Å²) in [7, 11) is -9.71. The summed E-state index contributed by atoms with van der Waals surface area (Å²) in [5, 5.41) is 20.3. The van der Waals surface area contributed by atoms with Crippen molar-refractivity contribution < 1.29 is 52.1 Å². The van der Waals surface area contributed by atoms with E-state index in [-0.39, 0.29) is 18.5 Å². The molecule has 0 saturated heterocycles. The zero-order chi connectivity index (χ0) is 26.1. The Kier molecular flexibility index (Phi) is 7.82. The van der Waals surface area contributed by atoms with Gasteiger partial charge in [0.05, 0.1) is 6.61 Å². The molecule has 17 heteroatoms. The molecule has 1 aromatic carbocycles. The molecule has 2 aromatic rings. The van der Waals surface area contributed by atoms with Gasteiger partial charge in [0.1, 0.15) is 17.7 Å². The normalized spacial score (nSPS) is 20.3. The summed E-state index contributed by atoms with van der Waals surface area (Å²) < 4.78 is 60.9. The molecule has 13 nitrogen and oxygen atoms in total. The maximum absolute atomic E-state index is 13.9. The van der Waals surface area contributed by atoms with E-state index < -0.39 is 74.4 Å². The predicted molar refractivity (Wildman–Crippen MR) is 114 cm³/mol. The van der Waals surface area contributed by atoms with E-state index in [9.17, 15) is 42.6 Å². The first kappa shape index (κ1) is 27.0. The Morgan fingerprint density at radius 2 is 1.74 bits per heavy atom. The van der Waals surface area contributed by atoms with Crippen LogP contribution in [0.2, 0.25) is 0 Å². The first-order valence-corrected chi connectivity index (χ1v) is 13.3. The average Bonchev–Trinajstić information content (AvgIpc) is 3.00. The lowest BCUT2D eigenvalue weighted by Gasteiger charge is -2.19. The molecule has 0 amide bonds. The summed E-state index contributed by atoms with van der Waals surface area (Å²) in [5.41, 5.74) is -1.77. The van der Waals surface area contributed by atoms with Gasteiger partial charge in [0.2, 0.25) is 0 Å². The quantitative estimate of drug-likeness (QED) is 0.286. The van der Waals surface area contributed by atoms with Gasteiger partial charge in [-0.3, -0.25) is 23.1 Å². The van der Waals surface area contributed by atoms with Crippen molar-refractivity contribution in [1.29, 1.82) is 0 Å². The fraction of sp³-hybridized carbons (Fsp3) is 0.333. The average molecular weight is 540 g/mol. The van der Waals surface area contributed by atoms with Gasteiger partial charge in [-0.25, -0.2) is 13.6 Å². The van der Waals surface area contributed by atoms with Crippen LogP contribution in [0, 0.1) is 11.6 Å². The Morgan fingerprint density at radius 1 is 1.06 bits per heavy atom. The molecule has 0 bridgehead atoms. The molecule has 0 saturated carbocycles. The zero-order valence-electron chi connectivity index (χ0n) is 17.6. The van der Waals surface area contributed by atoms with Gasteiger partial charge in [-0.2, -0.15) is 0 Å². The Morgan fingerprint density at radius 3 is 2.37 bits per heavy atom. The first-order valence-electron chi connectivity index (χ1n) is 9.73. The predicted octanol–water partition coefficient (Wildman–Crippen LogP) is 1.09. The van der Waals surface area contributed by atoms with Crippen molar-refractivity contribution in [1.82, 2.24) is 9.13 Å². The smallest absolute Gasteiger partial charge is 0.340 e. The number of aryl methyl sites for hydroxylation is 1. The number of ether oxygens (including phenoxy) is 1. The van der Waals surface area contributed by atoms with Crippen molar-refractivity contribution >= 4 is 15.2 Å². The largest absolute Gasteiger partial charge is 0.506 e. The van der Waals surface area contributed by atoms with Gasteiger partial charge < -0.3 is 34.2 Å². The van der Waals surface area contributed by atoms with Crippen LogP contribution in [0.3, 0.4) is 0 Å². The van der Waals surface area contributed by atoms with Crippen molar-refractivity contribution in [2.45, 2.75) is 25.3 Å². The summed E-state index contributed by atoms with van der Waals surface area (Å²) in [6.45, 7) is -1.24. The van der Waals surface area contributed by atoms with E-state index in [1.165, 1.54) is 0 Å². The lowest BCUT2D eigenvalue weighted by molar-refractivity contribution is -0.0343. The van der Waals surface area contributed by atoms with Gasteiger partial charge >= 0.3 is 20.9 Å². The van der Waals surface area contributed by atoms with Crippen molar-refractivity contribution in [2.24, 2.45) is 0 Å². The molecule has 0 radical (unpaired) electrons. The molecule has 35 heavy (non-hydrogen) atoms. The second-order valence-corrected chi connectivity index (χ2v) is 11.5. The van der Waals surface area contributed by atoms with Crippen LogP contribution >= 0.6 is 15.2 Å². The van der Waals surface area contributed by atoms with Crippen molar-refractivity contribution in [3.63, 3.8) is 0 Å². The highest BCUT2D eigenvalue weighted by molar-refractivity contribution is 7.70. The van der Waals surface area contributed by atoms with Crippen molar-refractivity contribution in [2.75, 3.05) is 12.5 Å². The fourth-order valence-electron chi connectivity index (χ4n) is 3.22. The highest BCUT2D eigenvalue weighted by Gasteiger charge is 2.39. The van der Waals surface area contributed by atoms with Crippen molar-refractivity contribution in [3.05, 3.63) is 80.0 Å². The Hall–Kier alpha value is -2.64. The van der Waals surface area contributed by atoms with Gasteiger partial charge in [0.25, 0.3) is 5.56 Å². The molecule has 0 spiro atoms. The minimum atomic E-state index is -4.91. The number of hydrogen-bond donors (Lipinski definition) is 5. The molecule has 0 aliphatic carbocycles. The first-order chi connectivity index (χ1) is 16.2. The SMILES string of the molecule is O=c1ccn([C@@H]2O[C@H](COP(=O)(O)CP(=O)(O)O)C(O)=C2O)c(=O)n1CCc1ccc(F)cc1F. The van der Waals surface area contributed by atoms with E-state index >= 15 is 0 Å². The molecule has 1 unspecified atom stereocenters. The lowest BCUT2D eigenvalue weighted by atomic mass is 10.1. The van der Waals surface area contributed by atoms with E-state index in [1.807, 2.05) is 0 Å². The lowest BCUT2D eigenvalue weighted by Crippen LogP contribution is -2.41. The molecule has 1 aromatic heterocycles.